The first-order valence-electron chi connectivity index (χ1n) is 5.87. The fraction of sp³-hybridized carbons (Fsp3) is 0.538. The average molecular weight is 221 g/mol. The highest BCUT2D eigenvalue weighted by Gasteiger charge is 2.25. The van der Waals surface area contributed by atoms with Gasteiger partial charge in [-0.1, -0.05) is 31.2 Å². The summed E-state index contributed by atoms with van der Waals surface area (Å²) in [5.41, 5.74) is 2.67. The fourth-order valence-electron chi connectivity index (χ4n) is 2.05. The van der Waals surface area contributed by atoms with Crippen molar-refractivity contribution in [3.8, 4) is 0 Å². The Morgan fingerprint density at radius 3 is 2.69 bits per heavy atom. The van der Waals surface area contributed by atoms with Crippen LogP contribution in [-0.2, 0) is 17.7 Å². The Balaban J connectivity index is 1.93. The van der Waals surface area contributed by atoms with Crippen molar-refractivity contribution in [2.24, 2.45) is 0 Å². The molecule has 0 spiro atoms. The second-order valence-corrected chi connectivity index (χ2v) is 4.21. The molecule has 1 aliphatic heterocycles. The summed E-state index contributed by atoms with van der Waals surface area (Å²) in [7, 11) is 0. The third-order valence-corrected chi connectivity index (χ3v) is 3.10. The summed E-state index contributed by atoms with van der Waals surface area (Å²) in [6.45, 7) is 4.02. The van der Waals surface area contributed by atoms with Gasteiger partial charge in [-0.05, 0) is 17.5 Å². The molecule has 3 heteroatoms. The minimum atomic E-state index is -0.367. The number of benzene rings is 1. The molecular weight excluding hydrogens is 202 g/mol. The lowest BCUT2D eigenvalue weighted by Crippen LogP contribution is -2.38. The Morgan fingerprint density at radius 2 is 2.06 bits per heavy atom. The smallest absolute Gasteiger partial charge is 0.0948 e. The SMILES string of the molecule is CCc1ccccc1CNC1COCC1O. The van der Waals surface area contributed by atoms with Gasteiger partial charge in [0, 0.05) is 6.54 Å². The third-order valence-electron chi connectivity index (χ3n) is 3.10. The molecule has 1 heterocycles. The van der Waals surface area contributed by atoms with E-state index in [2.05, 4.69) is 36.5 Å². The molecule has 0 amide bonds. The zero-order chi connectivity index (χ0) is 11.4. The average Bonchev–Trinajstić information content (AvgIpc) is 2.72. The maximum atomic E-state index is 9.61. The number of hydrogen-bond donors (Lipinski definition) is 2. The van der Waals surface area contributed by atoms with E-state index in [1.54, 1.807) is 0 Å². The second kappa shape index (κ2) is 5.43. The molecular formula is C13H19NO2. The van der Waals surface area contributed by atoms with Crippen LogP contribution in [0.3, 0.4) is 0 Å². The molecule has 2 unspecified atom stereocenters. The van der Waals surface area contributed by atoms with Gasteiger partial charge in [-0.25, -0.2) is 0 Å². The van der Waals surface area contributed by atoms with Gasteiger partial charge in [0.15, 0.2) is 0 Å². The molecule has 1 aliphatic rings. The zero-order valence-electron chi connectivity index (χ0n) is 9.65. The number of nitrogens with one attached hydrogen (secondary N) is 1. The Labute approximate surface area is 96.4 Å². The molecule has 88 valence electrons. The molecule has 3 nitrogen and oxygen atoms in total. The van der Waals surface area contributed by atoms with Crippen molar-refractivity contribution in [2.45, 2.75) is 32.0 Å². The van der Waals surface area contributed by atoms with Crippen molar-refractivity contribution >= 4 is 0 Å². The van der Waals surface area contributed by atoms with Crippen LogP contribution in [0.1, 0.15) is 18.1 Å². The van der Waals surface area contributed by atoms with Crippen LogP contribution >= 0.6 is 0 Å². The van der Waals surface area contributed by atoms with Crippen LogP contribution in [-0.4, -0.2) is 30.5 Å². The van der Waals surface area contributed by atoms with E-state index in [-0.39, 0.29) is 12.1 Å². The molecule has 1 aromatic rings. The second-order valence-electron chi connectivity index (χ2n) is 4.21. The van der Waals surface area contributed by atoms with E-state index in [1.807, 2.05) is 0 Å². The standard InChI is InChI=1S/C13H19NO2/c1-2-10-5-3-4-6-11(10)7-14-12-8-16-9-13(12)15/h3-6,12-15H,2,7-9H2,1H3. The van der Waals surface area contributed by atoms with Gasteiger partial charge < -0.3 is 15.2 Å². The summed E-state index contributed by atoms with van der Waals surface area (Å²) in [5.74, 6) is 0. The van der Waals surface area contributed by atoms with Crippen LogP contribution in [0.2, 0.25) is 0 Å². The normalized spacial score (nSPS) is 24.9. The topological polar surface area (TPSA) is 41.5 Å². The van der Waals surface area contributed by atoms with Crippen LogP contribution < -0.4 is 5.32 Å². The van der Waals surface area contributed by atoms with Crippen LogP contribution in [0.4, 0.5) is 0 Å². The maximum Gasteiger partial charge on any atom is 0.0948 e. The predicted molar refractivity (Wildman–Crippen MR) is 63.3 cm³/mol. The summed E-state index contributed by atoms with van der Waals surface area (Å²) in [5, 5.41) is 13.0. The summed E-state index contributed by atoms with van der Waals surface area (Å²) in [6, 6.07) is 8.48. The van der Waals surface area contributed by atoms with Gasteiger partial charge in [0.2, 0.25) is 0 Å². The summed E-state index contributed by atoms with van der Waals surface area (Å²) < 4.78 is 5.20. The zero-order valence-corrected chi connectivity index (χ0v) is 9.65. The molecule has 0 bridgehead atoms. The molecule has 0 saturated carbocycles. The summed E-state index contributed by atoms with van der Waals surface area (Å²) in [6.07, 6.45) is 0.676. The van der Waals surface area contributed by atoms with Crippen molar-refractivity contribution in [3.63, 3.8) is 0 Å². The number of aliphatic hydroxyl groups is 1. The highest BCUT2D eigenvalue weighted by atomic mass is 16.5. The van der Waals surface area contributed by atoms with E-state index in [0.29, 0.717) is 13.2 Å². The van der Waals surface area contributed by atoms with Crippen molar-refractivity contribution in [1.82, 2.24) is 5.32 Å². The molecule has 0 aromatic heterocycles. The van der Waals surface area contributed by atoms with Gasteiger partial charge >= 0.3 is 0 Å². The van der Waals surface area contributed by atoms with Crippen molar-refractivity contribution in [2.75, 3.05) is 13.2 Å². The molecule has 1 saturated heterocycles. The number of ether oxygens (including phenoxy) is 1. The van der Waals surface area contributed by atoms with E-state index in [0.717, 1.165) is 13.0 Å². The van der Waals surface area contributed by atoms with E-state index in [1.165, 1.54) is 11.1 Å². The Kier molecular flexibility index (Phi) is 3.93. The van der Waals surface area contributed by atoms with E-state index in [9.17, 15) is 5.11 Å². The lowest BCUT2D eigenvalue weighted by molar-refractivity contribution is 0.122. The largest absolute Gasteiger partial charge is 0.389 e. The van der Waals surface area contributed by atoms with Crippen LogP contribution in [0.25, 0.3) is 0 Å². The summed E-state index contributed by atoms with van der Waals surface area (Å²) >= 11 is 0. The highest BCUT2D eigenvalue weighted by Crippen LogP contribution is 2.11. The molecule has 16 heavy (non-hydrogen) atoms. The molecule has 2 N–H and O–H groups in total. The van der Waals surface area contributed by atoms with Crippen LogP contribution in [0.15, 0.2) is 24.3 Å². The van der Waals surface area contributed by atoms with Crippen LogP contribution in [0, 0.1) is 0 Å². The summed E-state index contributed by atoms with van der Waals surface area (Å²) in [4.78, 5) is 0. The maximum absolute atomic E-state index is 9.61. The van der Waals surface area contributed by atoms with Gasteiger partial charge in [-0.15, -0.1) is 0 Å². The van der Waals surface area contributed by atoms with Crippen LogP contribution in [0.5, 0.6) is 0 Å². The van der Waals surface area contributed by atoms with E-state index in [4.69, 9.17) is 4.74 Å². The third kappa shape index (κ3) is 2.61. The number of rotatable bonds is 4. The van der Waals surface area contributed by atoms with Gasteiger partial charge in [-0.3, -0.25) is 0 Å². The van der Waals surface area contributed by atoms with Gasteiger partial charge in [0.05, 0.1) is 25.4 Å². The van der Waals surface area contributed by atoms with Gasteiger partial charge in [0.1, 0.15) is 0 Å². The lowest BCUT2D eigenvalue weighted by atomic mass is 10.0. The Bertz CT molecular complexity index is 340. The first kappa shape index (κ1) is 11.6. The van der Waals surface area contributed by atoms with E-state index >= 15 is 0 Å². The molecule has 0 radical (unpaired) electrons. The molecule has 1 aromatic carbocycles. The number of aryl methyl sites for hydroxylation is 1. The van der Waals surface area contributed by atoms with E-state index < -0.39 is 0 Å². The number of hydrogen-bond acceptors (Lipinski definition) is 3. The first-order chi connectivity index (χ1) is 7.81. The first-order valence-corrected chi connectivity index (χ1v) is 5.87. The number of aliphatic hydroxyl groups excluding tert-OH is 1. The predicted octanol–water partition coefficient (Wildman–Crippen LogP) is 1.10. The Morgan fingerprint density at radius 1 is 1.31 bits per heavy atom. The minimum Gasteiger partial charge on any atom is -0.389 e. The van der Waals surface area contributed by atoms with Crippen molar-refractivity contribution in [3.05, 3.63) is 35.4 Å². The molecule has 2 atom stereocenters. The van der Waals surface area contributed by atoms with Gasteiger partial charge in [-0.2, -0.15) is 0 Å². The molecule has 0 aliphatic carbocycles. The fourth-order valence-corrected chi connectivity index (χ4v) is 2.05. The molecule has 1 fully saturated rings. The minimum absolute atomic E-state index is 0.0740. The molecule has 2 rings (SSSR count). The lowest BCUT2D eigenvalue weighted by Gasteiger charge is -2.16. The van der Waals surface area contributed by atoms with Gasteiger partial charge in [0.25, 0.3) is 0 Å². The van der Waals surface area contributed by atoms with Crippen molar-refractivity contribution in [1.29, 1.82) is 0 Å². The van der Waals surface area contributed by atoms with Crippen molar-refractivity contribution < 1.29 is 9.84 Å². The highest BCUT2D eigenvalue weighted by molar-refractivity contribution is 5.26. The monoisotopic (exact) mass is 221 g/mol. The quantitative estimate of drug-likeness (QED) is 0.800. The Hall–Kier alpha value is -0.900.